The summed E-state index contributed by atoms with van der Waals surface area (Å²) in [6.45, 7) is 1.93. The van der Waals surface area contributed by atoms with Gasteiger partial charge in [0.05, 0.1) is 6.04 Å². The van der Waals surface area contributed by atoms with E-state index in [1.807, 2.05) is 17.8 Å². The molecule has 0 bridgehead atoms. The smallest absolute Gasteiger partial charge is 0.156 e. The maximum absolute atomic E-state index is 8.73. The van der Waals surface area contributed by atoms with Crippen molar-refractivity contribution in [1.82, 2.24) is 14.7 Å². The molecule has 0 amide bonds. The number of nitrogens with two attached hydrogens (primary N) is 1. The van der Waals surface area contributed by atoms with Crippen LogP contribution in [0.15, 0.2) is 17.4 Å². The minimum atomic E-state index is 0.0910. The van der Waals surface area contributed by atoms with Crippen molar-refractivity contribution in [2.45, 2.75) is 25.3 Å². The van der Waals surface area contributed by atoms with Crippen LogP contribution in [0.4, 0.5) is 0 Å². The average Bonchev–Trinajstić information content (AvgIpc) is 2.94. The Balaban J connectivity index is 1.93. The van der Waals surface area contributed by atoms with Crippen LogP contribution in [-0.2, 0) is 13.5 Å². The number of amidine groups is 1. The van der Waals surface area contributed by atoms with Gasteiger partial charge >= 0.3 is 0 Å². The van der Waals surface area contributed by atoms with Crippen molar-refractivity contribution in [3.8, 4) is 0 Å². The summed E-state index contributed by atoms with van der Waals surface area (Å²) in [5.41, 5.74) is 6.89. The minimum Gasteiger partial charge on any atom is -0.409 e. The predicted molar refractivity (Wildman–Crippen MR) is 64.9 cm³/mol. The van der Waals surface area contributed by atoms with Gasteiger partial charge in [0.2, 0.25) is 0 Å². The van der Waals surface area contributed by atoms with E-state index in [1.165, 1.54) is 5.69 Å². The fourth-order valence-electron chi connectivity index (χ4n) is 2.40. The molecule has 0 saturated carbocycles. The highest BCUT2D eigenvalue weighted by atomic mass is 16.4. The van der Waals surface area contributed by atoms with Crippen molar-refractivity contribution in [3.63, 3.8) is 0 Å². The van der Waals surface area contributed by atoms with Gasteiger partial charge in [0, 0.05) is 31.9 Å². The van der Waals surface area contributed by atoms with Crippen LogP contribution in [-0.4, -0.2) is 44.9 Å². The number of hydrogen-bond donors (Lipinski definition) is 2. The van der Waals surface area contributed by atoms with Crippen molar-refractivity contribution in [2.24, 2.45) is 17.9 Å². The lowest BCUT2D eigenvalue weighted by Crippen LogP contribution is -2.41. The summed E-state index contributed by atoms with van der Waals surface area (Å²) in [5, 5.41) is 16.0. The Labute approximate surface area is 101 Å². The summed E-state index contributed by atoms with van der Waals surface area (Å²) < 4.78 is 1.88. The Hall–Kier alpha value is -1.56. The van der Waals surface area contributed by atoms with Crippen LogP contribution < -0.4 is 5.73 Å². The highest BCUT2D eigenvalue weighted by Crippen LogP contribution is 2.17. The second kappa shape index (κ2) is 5.18. The molecule has 1 fully saturated rings. The lowest BCUT2D eigenvalue weighted by atomic mass is 10.2. The number of aromatic nitrogens is 2. The van der Waals surface area contributed by atoms with Crippen LogP contribution in [0, 0.1) is 0 Å². The molecule has 1 aromatic heterocycles. The summed E-state index contributed by atoms with van der Waals surface area (Å²) in [6, 6.07) is 2.11. The second-order valence-electron chi connectivity index (χ2n) is 4.42. The Kier molecular flexibility index (Phi) is 3.63. The van der Waals surface area contributed by atoms with Crippen LogP contribution in [0.3, 0.4) is 0 Å². The molecule has 94 valence electrons. The van der Waals surface area contributed by atoms with E-state index in [9.17, 15) is 0 Å². The molecule has 1 unspecified atom stereocenters. The van der Waals surface area contributed by atoms with Gasteiger partial charge in [0.1, 0.15) is 0 Å². The van der Waals surface area contributed by atoms with Crippen LogP contribution >= 0.6 is 0 Å². The quantitative estimate of drug-likeness (QED) is 0.339. The summed E-state index contributed by atoms with van der Waals surface area (Å²) in [7, 11) is 1.94. The lowest BCUT2D eigenvalue weighted by molar-refractivity contribution is 0.281. The zero-order chi connectivity index (χ0) is 12.3. The summed E-state index contributed by atoms with van der Waals surface area (Å²) in [4.78, 5) is 2.27. The number of likely N-dealkylation sites (tertiary alicyclic amines) is 1. The fourth-order valence-corrected chi connectivity index (χ4v) is 2.40. The SMILES string of the molecule is Cn1nccc1CCN1CCCC1/C(N)=N/O. The zero-order valence-electron chi connectivity index (χ0n) is 10.1. The van der Waals surface area contributed by atoms with E-state index < -0.39 is 0 Å². The van der Waals surface area contributed by atoms with Gasteiger partial charge in [0.25, 0.3) is 0 Å². The first-order chi connectivity index (χ1) is 8.22. The Morgan fingerprint density at radius 3 is 3.18 bits per heavy atom. The molecule has 3 N–H and O–H groups in total. The maximum Gasteiger partial charge on any atom is 0.156 e. The molecule has 0 aliphatic carbocycles. The summed E-state index contributed by atoms with van der Waals surface area (Å²) >= 11 is 0. The van der Waals surface area contributed by atoms with E-state index in [-0.39, 0.29) is 6.04 Å². The molecule has 1 aromatic rings. The van der Waals surface area contributed by atoms with Crippen molar-refractivity contribution < 1.29 is 5.21 Å². The third kappa shape index (κ3) is 2.58. The summed E-state index contributed by atoms with van der Waals surface area (Å²) in [6.07, 6.45) is 4.82. The molecule has 1 aliphatic rings. The third-order valence-corrected chi connectivity index (χ3v) is 3.40. The molecule has 1 saturated heterocycles. The number of rotatable bonds is 4. The molecule has 17 heavy (non-hydrogen) atoms. The van der Waals surface area contributed by atoms with Gasteiger partial charge in [-0.1, -0.05) is 5.16 Å². The fraction of sp³-hybridized carbons (Fsp3) is 0.636. The van der Waals surface area contributed by atoms with Crippen molar-refractivity contribution >= 4 is 5.84 Å². The first-order valence-corrected chi connectivity index (χ1v) is 5.90. The first-order valence-electron chi connectivity index (χ1n) is 5.90. The normalized spacial score (nSPS) is 22.2. The maximum atomic E-state index is 8.73. The van der Waals surface area contributed by atoms with E-state index in [0.29, 0.717) is 5.84 Å². The molecule has 1 atom stereocenters. The topological polar surface area (TPSA) is 79.7 Å². The molecular weight excluding hydrogens is 218 g/mol. The molecule has 6 heteroatoms. The van der Waals surface area contributed by atoms with Gasteiger partial charge < -0.3 is 10.9 Å². The monoisotopic (exact) mass is 237 g/mol. The van der Waals surface area contributed by atoms with Crippen LogP contribution in [0.25, 0.3) is 0 Å². The van der Waals surface area contributed by atoms with Gasteiger partial charge in [-0.15, -0.1) is 0 Å². The third-order valence-electron chi connectivity index (χ3n) is 3.40. The van der Waals surface area contributed by atoms with Gasteiger partial charge in [-0.2, -0.15) is 5.10 Å². The van der Waals surface area contributed by atoms with Crippen LogP contribution in [0.5, 0.6) is 0 Å². The molecule has 0 spiro atoms. The highest BCUT2D eigenvalue weighted by molar-refractivity contribution is 5.85. The van der Waals surface area contributed by atoms with Gasteiger partial charge in [-0.3, -0.25) is 9.58 Å². The minimum absolute atomic E-state index is 0.0910. The molecule has 0 aromatic carbocycles. The Morgan fingerprint density at radius 2 is 2.53 bits per heavy atom. The van der Waals surface area contributed by atoms with Crippen molar-refractivity contribution in [1.29, 1.82) is 0 Å². The Bertz CT molecular complexity index is 400. The highest BCUT2D eigenvalue weighted by Gasteiger charge is 2.27. The first kappa shape index (κ1) is 11.9. The van der Waals surface area contributed by atoms with E-state index in [2.05, 4.69) is 15.2 Å². The summed E-state index contributed by atoms with van der Waals surface area (Å²) in [5.74, 6) is 0.326. The molecule has 6 nitrogen and oxygen atoms in total. The number of aryl methyl sites for hydroxylation is 1. The molecule has 1 aliphatic heterocycles. The van der Waals surface area contributed by atoms with E-state index in [4.69, 9.17) is 10.9 Å². The predicted octanol–water partition coefficient (Wildman–Crippen LogP) is 0.173. The van der Waals surface area contributed by atoms with Crippen LogP contribution in [0.2, 0.25) is 0 Å². The zero-order valence-corrected chi connectivity index (χ0v) is 10.1. The molecule has 2 heterocycles. The lowest BCUT2D eigenvalue weighted by Gasteiger charge is -2.22. The van der Waals surface area contributed by atoms with E-state index in [0.717, 1.165) is 32.4 Å². The second-order valence-corrected chi connectivity index (χ2v) is 4.42. The largest absolute Gasteiger partial charge is 0.409 e. The van der Waals surface area contributed by atoms with Gasteiger partial charge in [0.15, 0.2) is 5.84 Å². The Morgan fingerprint density at radius 1 is 1.71 bits per heavy atom. The average molecular weight is 237 g/mol. The standard InChI is InChI=1S/C11H19N5O/c1-15-9(4-6-13-15)5-8-16-7-2-3-10(16)11(12)14-17/h4,6,10,17H,2-3,5,7-8H2,1H3,(H2,12,14). The van der Waals surface area contributed by atoms with Gasteiger partial charge in [-0.05, 0) is 25.5 Å². The van der Waals surface area contributed by atoms with Crippen molar-refractivity contribution in [2.75, 3.05) is 13.1 Å². The molecule has 2 rings (SSSR count). The number of hydrogen-bond acceptors (Lipinski definition) is 4. The van der Waals surface area contributed by atoms with Crippen LogP contribution in [0.1, 0.15) is 18.5 Å². The van der Waals surface area contributed by atoms with E-state index in [1.54, 1.807) is 6.20 Å². The molecular formula is C11H19N5O. The van der Waals surface area contributed by atoms with Crippen molar-refractivity contribution in [3.05, 3.63) is 18.0 Å². The van der Waals surface area contributed by atoms with Gasteiger partial charge in [-0.25, -0.2) is 0 Å². The number of oxime groups is 1. The van der Waals surface area contributed by atoms with E-state index >= 15 is 0 Å². The molecule has 0 radical (unpaired) electrons. The number of nitrogens with zero attached hydrogens (tertiary/aromatic N) is 4.